The van der Waals surface area contributed by atoms with Crippen LogP contribution in [0.25, 0.3) is 0 Å². The molecule has 0 N–H and O–H groups in total. The summed E-state index contributed by atoms with van der Waals surface area (Å²) in [6.07, 6.45) is 5.10. The molecule has 2 aliphatic heterocycles. The van der Waals surface area contributed by atoms with E-state index in [0.29, 0.717) is 12.6 Å². The average Bonchev–Trinajstić information content (AvgIpc) is 3.21. The normalized spacial score (nSPS) is 21.1. The van der Waals surface area contributed by atoms with E-state index in [1.807, 2.05) is 29.5 Å². The minimum absolute atomic E-state index is 0.115. The van der Waals surface area contributed by atoms with E-state index in [1.54, 1.807) is 11.3 Å². The summed E-state index contributed by atoms with van der Waals surface area (Å²) in [4.78, 5) is 27.5. The van der Waals surface area contributed by atoms with Crippen molar-refractivity contribution in [3.8, 4) is 0 Å². The number of amides is 1. The molecule has 0 bridgehead atoms. The van der Waals surface area contributed by atoms with Crippen molar-refractivity contribution in [2.75, 3.05) is 20.1 Å². The molecule has 0 saturated carbocycles. The molecule has 1 amide bonds. The average molecular weight is 342 g/mol. The fraction of sp³-hybridized carbons (Fsp3) is 0.500. The van der Waals surface area contributed by atoms with Crippen LogP contribution < -0.4 is 0 Å². The summed E-state index contributed by atoms with van der Waals surface area (Å²) < 4.78 is 0. The lowest BCUT2D eigenvalue weighted by Crippen LogP contribution is -2.36. The van der Waals surface area contributed by atoms with E-state index in [9.17, 15) is 4.79 Å². The SMILES string of the molecule is Cc1cc(C(=O)N2CCc3nc([C@@H]4CCCN4C)ncc3C2)cs1. The second kappa shape index (κ2) is 6.26. The van der Waals surface area contributed by atoms with Crippen LogP contribution in [0.4, 0.5) is 0 Å². The van der Waals surface area contributed by atoms with Crippen LogP contribution in [0.3, 0.4) is 0 Å². The van der Waals surface area contributed by atoms with Gasteiger partial charge < -0.3 is 4.90 Å². The third-order valence-corrected chi connectivity index (χ3v) is 5.90. The molecule has 1 atom stereocenters. The van der Waals surface area contributed by atoms with Crippen molar-refractivity contribution in [1.82, 2.24) is 19.8 Å². The highest BCUT2D eigenvalue weighted by Crippen LogP contribution is 2.29. The maximum atomic E-state index is 12.6. The number of hydrogen-bond acceptors (Lipinski definition) is 5. The number of hydrogen-bond donors (Lipinski definition) is 0. The monoisotopic (exact) mass is 342 g/mol. The second-order valence-corrected chi connectivity index (χ2v) is 7.88. The Hall–Kier alpha value is -1.79. The number of carbonyl (C=O) groups excluding carboxylic acids is 1. The van der Waals surface area contributed by atoms with Crippen LogP contribution in [-0.2, 0) is 13.0 Å². The first kappa shape index (κ1) is 15.7. The highest BCUT2D eigenvalue weighted by Gasteiger charge is 2.28. The lowest BCUT2D eigenvalue weighted by molar-refractivity contribution is 0.0733. The Morgan fingerprint density at radius 2 is 2.25 bits per heavy atom. The van der Waals surface area contributed by atoms with Crippen molar-refractivity contribution in [3.63, 3.8) is 0 Å². The van der Waals surface area contributed by atoms with Crippen molar-refractivity contribution in [2.45, 2.75) is 38.8 Å². The lowest BCUT2D eigenvalue weighted by Gasteiger charge is -2.28. The number of aromatic nitrogens is 2. The van der Waals surface area contributed by atoms with Gasteiger partial charge >= 0.3 is 0 Å². The van der Waals surface area contributed by atoms with Crippen LogP contribution in [0.1, 0.15) is 51.2 Å². The number of fused-ring (bicyclic) bond motifs is 1. The Morgan fingerprint density at radius 1 is 1.38 bits per heavy atom. The molecule has 2 aliphatic rings. The number of carbonyl (C=O) groups is 1. The summed E-state index contributed by atoms with van der Waals surface area (Å²) >= 11 is 1.62. The highest BCUT2D eigenvalue weighted by molar-refractivity contribution is 7.10. The van der Waals surface area contributed by atoms with Crippen molar-refractivity contribution >= 4 is 17.2 Å². The molecule has 4 heterocycles. The first-order valence-electron chi connectivity index (χ1n) is 8.51. The van der Waals surface area contributed by atoms with Gasteiger partial charge in [0, 0.05) is 41.5 Å². The Morgan fingerprint density at radius 3 is 2.96 bits per heavy atom. The van der Waals surface area contributed by atoms with E-state index in [0.717, 1.165) is 48.6 Å². The van der Waals surface area contributed by atoms with Gasteiger partial charge in [-0.25, -0.2) is 9.97 Å². The molecule has 126 valence electrons. The summed E-state index contributed by atoms with van der Waals surface area (Å²) in [5.41, 5.74) is 3.00. The van der Waals surface area contributed by atoms with E-state index >= 15 is 0 Å². The minimum Gasteiger partial charge on any atom is -0.334 e. The molecule has 0 radical (unpaired) electrons. The number of thiophene rings is 1. The predicted molar refractivity (Wildman–Crippen MR) is 94.1 cm³/mol. The smallest absolute Gasteiger partial charge is 0.255 e. The largest absolute Gasteiger partial charge is 0.334 e. The molecular formula is C18H22N4OS. The van der Waals surface area contributed by atoms with E-state index in [4.69, 9.17) is 4.98 Å². The molecule has 0 unspecified atom stereocenters. The standard InChI is InChI=1S/C18H22N4OS/c1-12-8-13(11-24-12)18(23)22-7-5-15-14(10-22)9-19-17(20-15)16-4-3-6-21(16)2/h8-9,11,16H,3-7,10H2,1-2H3/t16-/m0/s1. The zero-order valence-electron chi connectivity index (χ0n) is 14.2. The van der Waals surface area contributed by atoms with Gasteiger partial charge in [-0.05, 0) is 39.4 Å². The molecule has 2 aromatic heterocycles. The van der Waals surface area contributed by atoms with Crippen LogP contribution in [0, 0.1) is 6.92 Å². The summed E-state index contributed by atoms with van der Waals surface area (Å²) in [5.74, 6) is 1.06. The zero-order chi connectivity index (χ0) is 16.7. The maximum Gasteiger partial charge on any atom is 0.255 e. The van der Waals surface area contributed by atoms with Gasteiger partial charge in [0.1, 0.15) is 5.82 Å². The van der Waals surface area contributed by atoms with E-state index in [-0.39, 0.29) is 5.91 Å². The topological polar surface area (TPSA) is 49.3 Å². The predicted octanol–water partition coefficient (Wildman–Crippen LogP) is 2.81. The molecule has 24 heavy (non-hydrogen) atoms. The van der Waals surface area contributed by atoms with Crippen LogP contribution in [0.2, 0.25) is 0 Å². The van der Waals surface area contributed by atoms with Gasteiger partial charge in [0.05, 0.1) is 17.3 Å². The van der Waals surface area contributed by atoms with Gasteiger partial charge in [-0.15, -0.1) is 11.3 Å². The summed E-state index contributed by atoms with van der Waals surface area (Å²) in [6.45, 7) is 4.50. The van der Waals surface area contributed by atoms with Crippen molar-refractivity contribution in [3.05, 3.63) is 45.2 Å². The molecule has 6 heteroatoms. The summed E-state index contributed by atoms with van der Waals surface area (Å²) in [6, 6.07) is 2.32. The van der Waals surface area contributed by atoms with Crippen molar-refractivity contribution in [2.24, 2.45) is 0 Å². The molecule has 5 nitrogen and oxygen atoms in total. The van der Waals surface area contributed by atoms with Crippen molar-refractivity contribution in [1.29, 1.82) is 0 Å². The maximum absolute atomic E-state index is 12.6. The fourth-order valence-corrected chi connectivity index (χ4v) is 4.32. The Labute approximate surface area is 146 Å². The Kier molecular flexibility index (Phi) is 4.10. The van der Waals surface area contributed by atoms with E-state index < -0.39 is 0 Å². The molecule has 0 spiro atoms. The van der Waals surface area contributed by atoms with Gasteiger partial charge in [-0.3, -0.25) is 9.69 Å². The van der Waals surface area contributed by atoms with Crippen LogP contribution in [0.15, 0.2) is 17.6 Å². The third-order valence-electron chi connectivity index (χ3n) is 5.04. The first-order chi connectivity index (χ1) is 11.6. The van der Waals surface area contributed by atoms with Crippen molar-refractivity contribution < 1.29 is 4.79 Å². The summed E-state index contributed by atoms with van der Waals surface area (Å²) in [7, 11) is 2.14. The number of aryl methyl sites for hydroxylation is 1. The highest BCUT2D eigenvalue weighted by atomic mass is 32.1. The first-order valence-corrected chi connectivity index (χ1v) is 9.39. The van der Waals surface area contributed by atoms with Gasteiger partial charge in [-0.2, -0.15) is 0 Å². The van der Waals surface area contributed by atoms with Crippen LogP contribution >= 0.6 is 11.3 Å². The second-order valence-electron chi connectivity index (χ2n) is 6.76. The number of likely N-dealkylation sites (tertiary alicyclic amines) is 1. The number of rotatable bonds is 2. The van der Waals surface area contributed by atoms with Gasteiger partial charge in [0.2, 0.25) is 0 Å². The minimum atomic E-state index is 0.115. The molecule has 2 aromatic rings. The van der Waals surface area contributed by atoms with Crippen LogP contribution in [0.5, 0.6) is 0 Å². The quantitative estimate of drug-likeness (QED) is 0.842. The molecule has 1 saturated heterocycles. The molecule has 1 fully saturated rings. The van der Waals surface area contributed by atoms with Gasteiger partial charge in [0.15, 0.2) is 0 Å². The third kappa shape index (κ3) is 2.84. The van der Waals surface area contributed by atoms with E-state index in [1.165, 1.54) is 11.3 Å². The van der Waals surface area contributed by atoms with Crippen LogP contribution in [-0.4, -0.2) is 45.8 Å². The Balaban J connectivity index is 1.52. The summed E-state index contributed by atoms with van der Waals surface area (Å²) in [5, 5.41) is 1.95. The van der Waals surface area contributed by atoms with Gasteiger partial charge in [-0.1, -0.05) is 0 Å². The molecule has 4 rings (SSSR count). The molecule has 0 aliphatic carbocycles. The lowest BCUT2D eigenvalue weighted by atomic mass is 10.1. The zero-order valence-corrected chi connectivity index (χ0v) is 15.0. The Bertz CT molecular complexity index is 772. The molecular weight excluding hydrogens is 320 g/mol. The molecule has 0 aromatic carbocycles. The fourth-order valence-electron chi connectivity index (χ4n) is 3.64. The van der Waals surface area contributed by atoms with Gasteiger partial charge in [0.25, 0.3) is 5.91 Å². The van der Waals surface area contributed by atoms with E-state index in [2.05, 4.69) is 16.9 Å². The number of nitrogens with zero attached hydrogens (tertiary/aromatic N) is 4.